The first-order valence-electron chi connectivity index (χ1n) is 8.09. The average molecular weight is 309 g/mol. The third-order valence-electron chi connectivity index (χ3n) is 3.63. The lowest BCUT2D eigenvalue weighted by Crippen LogP contribution is -2.44. The van der Waals surface area contributed by atoms with E-state index in [0.717, 1.165) is 36.7 Å². The Morgan fingerprint density at radius 2 is 1.77 bits per heavy atom. The fraction of sp³-hybridized carbons (Fsp3) is 0.688. The van der Waals surface area contributed by atoms with Crippen LogP contribution in [0.15, 0.2) is 15.7 Å². The number of hydrogen-bond donors (Lipinski definition) is 1. The summed E-state index contributed by atoms with van der Waals surface area (Å²) in [7, 11) is 0. The summed E-state index contributed by atoms with van der Waals surface area (Å²) in [6.45, 7) is 6.81. The lowest BCUT2D eigenvalue weighted by atomic mass is 10.2. The zero-order valence-electron chi connectivity index (χ0n) is 13.9. The molecule has 0 aromatic carbocycles. The SMILES string of the molecule is CCCCCn1c(C)cc(=O)n(CC(=O)NCCCC)c1=O. The van der Waals surface area contributed by atoms with Gasteiger partial charge >= 0.3 is 5.69 Å². The summed E-state index contributed by atoms with van der Waals surface area (Å²) in [6, 6.07) is 1.42. The summed E-state index contributed by atoms with van der Waals surface area (Å²) in [5, 5.41) is 2.73. The maximum absolute atomic E-state index is 12.4. The van der Waals surface area contributed by atoms with Crippen LogP contribution in [0, 0.1) is 6.92 Å². The molecule has 0 aliphatic carbocycles. The lowest BCUT2D eigenvalue weighted by Gasteiger charge is -2.13. The highest BCUT2D eigenvalue weighted by atomic mass is 16.2. The van der Waals surface area contributed by atoms with E-state index in [9.17, 15) is 14.4 Å². The van der Waals surface area contributed by atoms with Crippen LogP contribution in [0.3, 0.4) is 0 Å². The first-order chi connectivity index (χ1) is 10.5. The van der Waals surface area contributed by atoms with Crippen molar-refractivity contribution in [1.82, 2.24) is 14.5 Å². The van der Waals surface area contributed by atoms with E-state index < -0.39 is 11.2 Å². The summed E-state index contributed by atoms with van der Waals surface area (Å²) in [6.07, 6.45) is 4.85. The average Bonchev–Trinajstić information content (AvgIpc) is 2.47. The highest BCUT2D eigenvalue weighted by Gasteiger charge is 2.11. The van der Waals surface area contributed by atoms with Crippen LogP contribution in [0.4, 0.5) is 0 Å². The zero-order valence-corrected chi connectivity index (χ0v) is 13.9. The normalized spacial score (nSPS) is 10.7. The molecule has 0 fully saturated rings. The van der Waals surface area contributed by atoms with Gasteiger partial charge in [-0.05, 0) is 19.8 Å². The molecule has 1 N–H and O–H groups in total. The number of amides is 1. The van der Waals surface area contributed by atoms with Gasteiger partial charge in [-0.1, -0.05) is 33.1 Å². The van der Waals surface area contributed by atoms with E-state index in [2.05, 4.69) is 12.2 Å². The van der Waals surface area contributed by atoms with Gasteiger partial charge in [-0.2, -0.15) is 0 Å². The Morgan fingerprint density at radius 3 is 2.41 bits per heavy atom. The minimum atomic E-state index is -0.417. The minimum absolute atomic E-state index is 0.213. The molecule has 0 unspecified atom stereocenters. The Balaban J connectivity index is 2.90. The summed E-state index contributed by atoms with van der Waals surface area (Å²) >= 11 is 0. The predicted molar refractivity (Wildman–Crippen MR) is 87.1 cm³/mol. The van der Waals surface area contributed by atoms with Crippen molar-refractivity contribution in [2.24, 2.45) is 0 Å². The number of nitrogens with zero attached hydrogens (tertiary/aromatic N) is 2. The molecule has 0 radical (unpaired) electrons. The highest BCUT2D eigenvalue weighted by molar-refractivity contribution is 5.75. The topological polar surface area (TPSA) is 73.1 Å². The molecule has 1 aromatic rings. The van der Waals surface area contributed by atoms with E-state index in [-0.39, 0.29) is 12.5 Å². The molecule has 124 valence electrons. The molecule has 0 aliphatic heterocycles. The second kappa shape index (κ2) is 9.23. The number of unbranched alkanes of at least 4 members (excludes halogenated alkanes) is 3. The molecule has 0 saturated carbocycles. The van der Waals surface area contributed by atoms with Crippen molar-refractivity contribution >= 4 is 5.91 Å². The molecular formula is C16H27N3O3. The van der Waals surface area contributed by atoms with Crippen molar-refractivity contribution in [3.05, 3.63) is 32.6 Å². The van der Waals surface area contributed by atoms with E-state index in [1.165, 1.54) is 6.07 Å². The second-order valence-electron chi connectivity index (χ2n) is 5.55. The van der Waals surface area contributed by atoms with Gasteiger partial charge in [0.2, 0.25) is 5.91 Å². The van der Waals surface area contributed by atoms with Crippen LogP contribution in [-0.2, 0) is 17.9 Å². The quantitative estimate of drug-likeness (QED) is 0.701. The van der Waals surface area contributed by atoms with Crippen LogP contribution in [0.1, 0.15) is 51.6 Å². The van der Waals surface area contributed by atoms with E-state index in [0.29, 0.717) is 18.8 Å². The molecule has 1 rings (SSSR count). The number of rotatable bonds is 9. The Bertz CT molecular complexity index is 602. The van der Waals surface area contributed by atoms with E-state index in [4.69, 9.17) is 0 Å². The molecular weight excluding hydrogens is 282 g/mol. The van der Waals surface area contributed by atoms with Gasteiger partial charge in [-0.25, -0.2) is 4.79 Å². The maximum Gasteiger partial charge on any atom is 0.331 e. The van der Waals surface area contributed by atoms with E-state index in [1.807, 2.05) is 6.92 Å². The smallest absolute Gasteiger partial charge is 0.331 e. The summed E-state index contributed by atoms with van der Waals surface area (Å²) < 4.78 is 2.59. The van der Waals surface area contributed by atoms with Gasteiger partial charge in [-0.3, -0.25) is 18.7 Å². The van der Waals surface area contributed by atoms with E-state index in [1.54, 1.807) is 11.5 Å². The molecule has 1 amide bonds. The van der Waals surface area contributed by atoms with Crippen LogP contribution in [-0.4, -0.2) is 21.6 Å². The molecule has 0 bridgehead atoms. The Morgan fingerprint density at radius 1 is 1.09 bits per heavy atom. The largest absolute Gasteiger partial charge is 0.355 e. The number of carbonyl (C=O) groups is 1. The minimum Gasteiger partial charge on any atom is -0.355 e. The van der Waals surface area contributed by atoms with Crippen molar-refractivity contribution in [2.45, 2.75) is 66.0 Å². The van der Waals surface area contributed by atoms with Gasteiger partial charge in [0.25, 0.3) is 5.56 Å². The van der Waals surface area contributed by atoms with Crippen molar-refractivity contribution in [2.75, 3.05) is 6.54 Å². The lowest BCUT2D eigenvalue weighted by molar-refractivity contribution is -0.121. The van der Waals surface area contributed by atoms with Gasteiger partial charge in [0.1, 0.15) is 6.54 Å². The molecule has 22 heavy (non-hydrogen) atoms. The summed E-state index contributed by atoms with van der Waals surface area (Å²) in [4.78, 5) is 36.2. The number of nitrogens with one attached hydrogen (secondary N) is 1. The Labute approximate surface area is 131 Å². The molecule has 0 spiro atoms. The van der Waals surface area contributed by atoms with Crippen LogP contribution in [0.25, 0.3) is 0 Å². The number of hydrogen-bond acceptors (Lipinski definition) is 3. The van der Waals surface area contributed by atoms with Crippen LogP contribution < -0.4 is 16.6 Å². The van der Waals surface area contributed by atoms with Gasteiger partial charge < -0.3 is 5.32 Å². The van der Waals surface area contributed by atoms with Crippen molar-refractivity contribution in [3.8, 4) is 0 Å². The predicted octanol–water partition coefficient (Wildman–Crippen LogP) is 1.42. The molecule has 1 heterocycles. The molecule has 1 aromatic heterocycles. The second-order valence-corrected chi connectivity index (χ2v) is 5.55. The zero-order chi connectivity index (χ0) is 16.5. The summed E-state index contributed by atoms with van der Waals surface area (Å²) in [5.41, 5.74) is -0.166. The van der Waals surface area contributed by atoms with Crippen LogP contribution in [0.5, 0.6) is 0 Å². The van der Waals surface area contributed by atoms with Crippen molar-refractivity contribution in [3.63, 3.8) is 0 Å². The third-order valence-corrected chi connectivity index (χ3v) is 3.63. The molecule has 6 heteroatoms. The Kier molecular flexibility index (Phi) is 7.63. The number of aryl methyl sites for hydroxylation is 1. The summed E-state index contributed by atoms with van der Waals surface area (Å²) in [5.74, 6) is -0.295. The third kappa shape index (κ3) is 5.16. The molecule has 0 aliphatic rings. The van der Waals surface area contributed by atoms with Gasteiger partial charge in [-0.15, -0.1) is 0 Å². The Hall–Kier alpha value is -1.85. The first kappa shape index (κ1) is 18.2. The monoisotopic (exact) mass is 309 g/mol. The van der Waals surface area contributed by atoms with Gasteiger partial charge in [0.15, 0.2) is 0 Å². The van der Waals surface area contributed by atoms with Crippen molar-refractivity contribution < 1.29 is 4.79 Å². The van der Waals surface area contributed by atoms with Crippen LogP contribution >= 0.6 is 0 Å². The van der Waals surface area contributed by atoms with Crippen molar-refractivity contribution in [1.29, 1.82) is 0 Å². The van der Waals surface area contributed by atoms with E-state index >= 15 is 0 Å². The molecule has 6 nitrogen and oxygen atoms in total. The molecule has 0 saturated heterocycles. The maximum atomic E-state index is 12.4. The van der Waals surface area contributed by atoms with Gasteiger partial charge in [0, 0.05) is 24.8 Å². The number of aromatic nitrogens is 2. The first-order valence-corrected chi connectivity index (χ1v) is 8.09. The molecule has 0 atom stereocenters. The standard InChI is InChI=1S/C16H27N3O3/c1-4-6-8-10-18-13(3)11-15(21)19(16(18)22)12-14(20)17-9-7-5-2/h11H,4-10,12H2,1-3H3,(H,17,20). The van der Waals surface area contributed by atoms with Crippen LogP contribution in [0.2, 0.25) is 0 Å². The van der Waals surface area contributed by atoms with Gasteiger partial charge in [0.05, 0.1) is 0 Å². The fourth-order valence-corrected chi connectivity index (χ4v) is 2.27. The highest BCUT2D eigenvalue weighted by Crippen LogP contribution is 1.99. The number of carbonyl (C=O) groups excluding carboxylic acids is 1. The fourth-order valence-electron chi connectivity index (χ4n) is 2.27.